The quantitative estimate of drug-likeness (QED) is 0.609. The number of carboxylic acids is 1. The SMILES string of the molecule is CC(C)CC(NC(=O)CNC(=O)Nc1ccc(Cl)cc1)C(=O)O. The van der Waals surface area contributed by atoms with Gasteiger partial charge >= 0.3 is 12.0 Å². The molecule has 7 nitrogen and oxygen atoms in total. The van der Waals surface area contributed by atoms with E-state index in [2.05, 4.69) is 16.0 Å². The summed E-state index contributed by atoms with van der Waals surface area (Å²) in [7, 11) is 0. The van der Waals surface area contributed by atoms with Gasteiger partial charge in [-0.15, -0.1) is 0 Å². The Morgan fingerprint density at radius 3 is 2.30 bits per heavy atom. The zero-order valence-corrected chi connectivity index (χ0v) is 13.7. The van der Waals surface area contributed by atoms with E-state index in [4.69, 9.17) is 16.7 Å². The molecule has 0 aliphatic carbocycles. The van der Waals surface area contributed by atoms with Crippen LogP contribution in [0.1, 0.15) is 20.3 Å². The molecule has 1 atom stereocenters. The molecular formula is C15H20ClN3O4. The lowest BCUT2D eigenvalue weighted by Gasteiger charge is -2.16. The number of anilines is 1. The first kappa shape index (κ1) is 18.8. The highest BCUT2D eigenvalue weighted by Crippen LogP contribution is 2.13. The van der Waals surface area contributed by atoms with Crippen LogP contribution in [0.25, 0.3) is 0 Å². The van der Waals surface area contributed by atoms with E-state index in [9.17, 15) is 14.4 Å². The smallest absolute Gasteiger partial charge is 0.326 e. The predicted octanol–water partition coefficient (Wildman–Crippen LogP) is 2.08. The summed E-state index contributed by atoms with van der Waals surface area (Å²) < 4.78 is 0. The maximum atomic E-state index is 11.7. The topological polar surface area (TPSA) is 108 Å². The van der Waals surface area contributed by atoms with Gasteiger partial charge in [0.25, 0.3) is 0 Å². The van der Waals surface area contributed by atoms with E-state index in [1.165, 1.54) is 0 Å². The molecule has 0 radical (unpaired) electrons. The molecule has 4 N–H and O–H groups in total. The van der Waals surface area contributed by atoms with Crippen molar-refractivity contribution in [3.8, 4) is 0 Å². The van der Waals surface area contributed by atoms with Crippen molar-refractivity contribution in [2.45, 2.75) is 26.3 Å². The monoisotopic (exact) mass is 341 g/mol. The number of carbonyl (C=O) groups is 3. The minimum Gasteiger partial charge on any atom is -0.480 e. The number of carboxylic acid groups (broad SMARTS) is 1. The molecule has 0 fully saturated rings. The zero-order chi connectivity index (χ0) is 17.4. The average molecular weight is 342 g/mol. The van der Waals surface area contributed by atoms with Gasteiger partial charge in [-0.1, -0.05) is 25.4 Å². The fourth-order valence-corrected chi connectivity index (χ4v) is 1.93. The van der Waals surface area contributed by atoms with Crippen LogP contribution >= 0.6 is 11.6 Å². The van der Waals surface area contributed by atoms with E-state index >= 15 is 0 Å². The summed E-state index contributed by atoms with van der Waals surface area (Å²) in [6.07, 6.45) is 0.318. The highest BCUT2D eigenvalue weighted by Gasteiger charge is 2.21. The van der Waals surface area contributed by atoms with Crippen molar-refractivity contribution in [2.75, 3.05) is 11.9 Å². The van der Waals surface area contributed by atoms with Crippen LogP contribution in [-0.2, 0) is 9.59 Å². The van der Waals surface area contributed by atoms with Crippen LogP contribution < -0.4 is 16.0 Å². The van der Waals surface area contributed by atoms with Crippen molar-refractivity contribution < 1.29 is 19.5 Å². The number of amides is 3. The van der Waals surface area contributed by atoms with Crippen LogP contribution in [0.4, 0.5) is 10.5 Å². The third kappa shape index (κ3) is 7.51. The molecule has 0 bridgehead atoms. The molecule has 0 aromatic heterocycles. The highest BCUT2D eigenvalue weighted by atomic mass is 35.5. The first-order chi connectivity index (χ1) is 10.8. The first-order valence-electron chi connectivity index (χ1n) is 7.10. The summed E-state index contributed by atoms with van der Waals surface area (Å²) in [6, 6.07) is 4.93. The van der Waals surface area contributed by atoms with E-state index in [0.717, 1.165) is 0 Å². The molecule has 0 aliphatic heterocycles. The molecule has 0 aliphatic rings. The Bertz CT molecular complexity index is 560. The Balaban J connectivity index is 2.40. The number of aliphatic carboxylic acids is 1. The highest BCUT2D eigenvalue weighted by molar-refractivity contribution is 6.30. The van der Waals surface area contributed by atoms with Gasteiger partial charge in [-0.25, -0.2) is 9.59 Å². The van der Waals surface area contributed by atoms with E-state index in [1.54, 1.807) is 24.3 Å². The molecule has 126 valence electrons. The van der Waals surface area contributed by atoms with E-state index in [-0.39, 0.29) is 12.5 Å². The Labute approximate surface area is 139 Å². The molecule has 0 saturated carbocycles. The van der Waals surface area contributed by atoms with Crippen LogP contribution in [0.3, 0.4) is 0 Å². The van der Waals surface area contributed by atoms with Gasteiger partial charge in [0.1, 0.15) is 6.04 Å². The molecule has 1 aromatic rings. The number of hydrogen-bond donors (Lipinski definition) is 4. The van der Waals surface area contributed by atoms with Crippen LogP contribution in [0.15, 0.2) is 24.3 Å². The van der Waals surface area contributed by atoms with Gasteiger partial charge in [0.2, 0.25) is 5.91 Å². The van der Waals surface area contributed by atoms with E-state index in [1.807, 2.05) is 13.8 Å². The van der Waals surface area contributed by atoms with Crippen molar-refractivity contribution in [3.63, 3.8) is 0 Å². The van der Waals surface area contributed by atoms with Gasteiger partial charge in [0.05, 0.1) is 6.54 Å². The summed E-state index contributed by atoms with van der Waals surface area (Å²) in [4.78, 5) is 34.4. The lowest BCUT2D eigenvalue weighted by molar-refractivity contribution is -0.142. The van der Waals surface area contributed by atoms with Gasteiger partial charge in [0.15, 0.2) is 0 Å². The molecule has 1 unspecified atom stereocenters. The Morgan fingerprint density at radius 1 is 1.17 bits per heavy atom. The summed E-state index contributed by atoms with van der Waals surface area (Å²) in [5.74, 6) is -1.54. The Hall–Kier alpha value is -2.28. The van der Waals surface area contributed by atoms with Gasteiger partial charge in [-0.05, 0) is 36.6 Å². The number of benzene rings is 1. The van der Waals surface area contributed by atoms with Crippen molar-refractivity contribution in [2.24, 2.45) is 5.92 Å². The van der Waals surface area contributed by atoms with Gasteiger partial charge < -0.3 is 21.1 Å². The molecule has 3 amide bonds. The maximum absolute atomic E-state index is 11.7. The number of urea groups is 1. The molecule has 0 saturated heterocycles. The molecule has 8 heteroatoms. The molecule has 0 spiro atoms. The third-order valence-electron chi connectivity index (χ3n) is 2.85. The second-order valence-electron chi connectivity index (χ2n) is 5.40. The Kier molecular flexibility index (Phi) is 7.34. The normalized spacial score (nSPS) is 11.7. The molecule has 0 heterocycles. The van der Waals surface area contributed by atoms with Crippen LogP contribution in [0.5, 0.6) is 0 Å². The lowest BCUT2D eigenvalue weighted by atomic mass is 10.0. The van der Waals surface area contributed by atoms with Crippen molar-refractivity contribution in [1.29, 1.82) is 0 Å². The standard InChI is InChI=1S/C15H20ClN3O4/c1-9(2)7-12(14(21)22)19-13(20)8-17-15(23)18-11-5-3-10(16)4-6-11/h3-6,9,12H,7-8H2,1-2H3,(H,19,20)(H,21,22)(H2,17,18,23). The summed E-state index contributed by atoms with van der Waals surface area (Å²) in [5, 5.41) is 16.8. The second kappa shape index (κ2) is 8.99. The minimum atomic E-state index is -1.10. The first-order valence-corrected chi connectivity index (χ1v) is 7.48. The van der Waals surface area contributed by atoms with Crippen LogP contribution in [-0.4, -0.2) is 35.6 Å². The number of hydrogen-bond acceptors (Lipinski definition) is 3. The summed E-state index contributed by atoms with van der Waals surface area (Å²) >= 11 is 5.73. The predicted molar refractivity (Wildman–Crippen MR) is 87.5 cm³/mol. The Morgan fingerprint density at radius 2 is 1.78 bits per heavy atom. The summed E-state index contributed by atoms with van der Waals surface area (Å²) in [5.41, 5.74) is 0.524. The van der Waals surface area contributed by atoms with Crippen LogP contribution in [0, 0.1) is 5.92 Å². The largest absolute Gasteiger partial charge is 0.480 e. The number of halogens is 1. The van der Waals surface area contributed by atoms with Gasteiger partial charge in [-0.3, -0.25) is 4.79 Å². The second-order valence-corrected chi connectivity index (χ2v) is 5.84. The zero-order valence-electron chi connectivity index (χ0n) is 12.9. The van der Waals surface area contributed by atoms with Crippen molar-refractivity contribution in [3.05, 3.63) is 29.3 Å². The molecule has 1 rings (SSSR count). The van der Waals surface area contributed by atoms with Crippen molar-refractivity contribution in [1.82, 2.24) is 10.6 Å². The lowest BCUT2D eigenvalue weighted by Crippen LogP contribution is -2.46. The van der Waals surface area contributed by atoms with Gasteiger partial charge in [0, 0.05) is 10.7 Å². The van der Waals surface area contributed by atoms with E-state index in [0.29, 0.717) is 17.1 Å². The fourth-order valence-electron chi connectivity index (χ4n) is 1.81. The number of carbonyl (C=O) groups excluding carboxylic acids is 2. The van der Waals surface area contributed by atoms with E-state index < -0.39 is 23.9 Å². The number of rotatable bonds is 7. The third-order valence-corrected chi connectivity index (χ3v) is 3.10. The summed E-state index contributed by atoms with van der Waals surface area (Å²) in [6.45, 7) is 3.40. The minimum absolute atomic E-state index is 0.123. The molecular weight excluding hydrogens is 322 g/mol. The van der Waals surface area contributed by atoms with Gasteiger partial charge in [-0.2, -0.15) is 0 Å². The maximum Gasteiger partial charge on any atom is 0.326 e. The average Bonchev–Trinajstić information content (AvgIpc) is 2.46. The van der Waals surface area contributed by atoms with Crippen LogP contribution in [0.2, 0.25) is 5.02 Å². The number of nitrogens with one attached hydrogen (secondary N) is 3. The fraction of sp³-hybridized carbons (Fsp3) is 0.400. The molecule has 1 aromatic carbocycles. The molecule has 23 heavy (non-hydrogen) atoms. The van der Waals surface area contributed by atoms with Crippen molar-refractivity contribution >= 4 is 35.2 Å².